The van der Waals surface area contributed by atoms with Crippen molar-refractivity contribution in [1.29, 1.82) is 0 Å². The van der Waals surface area contributed by atoms with Gasteiger partial charge in [0.25, 0.3) is 5.91 Å². The molecule has 2 aromatic heterocycles. The fourth-order valence-corrected chi connectivity index (χ4v) is 5.58. The molecule has 1 aliphatic rings. The quantitative estimate of drug-likeness (QED) is 0.249. The fourth-order valence-electron chi connectivity index (χ4n) is 3.52. The molecule has 0 radical (unpaired) electrons. The second kappa shape index (κ2) is 7.81. The summed E-state index contributed by atoms with van der Waals surface area (Å²) in [5.74, 6) is -2.10. The van der Waals surface area contributed by atoms with E-state index in [1.54, 1.807) is 17.5 Å². The van der Waals surface area contributed by atoms with Gasteiger partial charge in [0.2, 0.25) is 5.78 Å². The molecule has 0 aliphatic carbocycles. The molecule has 0 saturated carbocycles. The van der Waals surface area contributed by atoms with Crippen LogP contribution in [0.5, 0.6) is 0 Å². The van der Waals surface area contributed by atoms with Gasteiger partial charge in [-0.05, 0) is 69.9 Å². The van der Waals surface area contributed by atoms with Gasteiger partial charge in [-0.15, -0.1) is 11.3 Å². The van der Waals surface area contributed by atoms with Crippen LogP contribution in [0, 0.1) is 9.39 Å². The van der Waals surface area contributed by atoms with E-state index in [-0.39, 0.29) is 10.7 Å². The predicted molar refractivity (Wildman–Crippen MR) is 127 cm³/mol. The predicted octanol–water partition coefficient (Wildman–Crippen LogP) is 5.88. The molecular formula is C22H12FIN2O3S2. The molecule has 1 N–H and O–H groups in total. The van der Waals surface area contributed by atoms with Crippen LogP contribution in [0.3, 0.4) is 0 Å². The van der Waals surface area contributed by atoms with E-state index in [0.717, 1.165) is 14.9 Å². The number of Topliss-reactive ketones (excluding diaryl/α,β-unsaturated/α-hetero) is 1. The number of aliphatic hydroxyl groups excluding tert-OH is 1. The minimum Gasteiger partial charge on any atom is -0.503 e. The highest BCUT2D eigenvalue weighted by Gasteiger charge is 2.46. The summed E-state index contributed by atoms with van der Waals surface area (Å²) >= 11 is 4.55. The molecule has 31 heavy (non-hydrogen) atoms. The Balaban J connectivity index is 1.68. The zero-order valence-corrected chi connectivity index (χ0v) is 19.4. The molecule has 0 spiro atoms. The van der Waals surface area contributed by atoms with Crippen molar-refractivity contribution in [3.05, 3.63) is 91.1 Å². The summed E-state index contributed by atoms with van der Waals surface area (Å²) in [5, 5.41) is 12.8. The normalized spacial score (nSPS) is 16.5. The average Bonchev–Trinajstić information content (AvgIpc) is 3.47. The molecule has 5 nitrogen and oxygen atoms in total. The molecule has 2 aromatic carbocycles. The number of fused-ring (bicyclic) bond motifs is 1. The summed E-state index contributed by atoms with van der Waals surface area (Å²) in [7, 11) is 0. The summed E-state index contributed by atoms with van der Waals surface area (Å²) in [5.41, 5.74) is 1.22. The van der Waals surface area contributed by atoms with Gasteiger partial charge < -0.3 is 5.11 Å². The van der Waals surface area contributed by atoms with Gasteiger partial charge in [0.05, 0.1) is 26.7 Å². The number of hydrogen-bond acceptors (Lipinski definition) is 6. The van der Waals surface area contributed by atoms with E-state index >= 15 is 0 Å². The number of aliphatic hydroxyl groups is 1. The summed E-state index contributed by atoms with van der Waals surface area (Å²) in [4.78, 5) is 32.6. The Morgan fingerprint density at radius 3 is 2.65 bits per heavy atom. The third-order valence-electron chi connectivity index (χ3n) is 4.93. The van der Waals surface area contributed by atoms with E-state index < -0.39 is 29.3 Å². The van der Waals surface area contributed by atoms with Crippen molar-refractivity contribution >= 4 is 72.3 Å². The number of hydrogen-bond donors (Lipinski definition) is 1. The van der Waals surface area contributed by atoms with Crippen LogP contribution in [0.4, 0.5) is 9.52 Å². The molecule has 1 atom stereocenters. The Kier molecular flexibility index (Phi) is 5.11. The maximum atomic E-state index is 13.7. The number of carbonyl (C=O) groups is 2. The smallest absolute Gasteiger partial charge is 0.296 e. The lowest BCUT2D eigenvalue weighted by molar-refractivity contribution is -0.117. The molecular weight excluding hydrogens is 550 g/mol. The van der Waals surface area contributed by atoms with Gasteiger partial charge in [0, 0.05) is 3.57 Å². The zero-order valence-electron chi connectivity index (χ0n) is 15.6. The monoisotopic (exact) mass is 562 g/mol. The molecule has 154 valence electrons. The first-order valence-corrected chi connectivity index (χ1v) is 11.9. The highest BCUT2D eigenvalue weighted by molar-refractivity contribution is 14.1. The van der Waals surface area contributed by atoms with E-state index in [0.29, 0.717) is 20.7 Å². The Bertz CT molecular complexity index is 1360. The van der Waals surface area contributed by atoms with E-state index in [2.05, 4.69) is 27.6 Å². The fraction of sp³-hybridized carbons (Fsp3) is 0.0455. The van der Waals surface area contributed by atoms with Crippen molar-refractivity contribution in [1.82, 2.24) is 4.98 Å². The van der Waals surface area contributed by atoms with Gasteiger partial charge in [0.1, 0.15) is 5.82 Å². The van der Waals surface area contributed by atoms with Gasteiger partial charge in [0.15, 0.2) is 10.9 Å². The van der Waals surface area contributed by atoms with Crippen LogP contribution in [-0.4, -0.2) is 21.8 Å². The second-order valence-corrected chi connectivity index (χ2v) is 10.0. The number of aromatic nitrogens is 1. The third-order valence-corrected chi connectivity index (χ3v) is 7.53. The first kappa shape index (κ1) is 20.3. The summed E-state index contributed by atoms with van der Waals surface area (Å²) in [6, 6.07) is 14.1. The lowest BCUT2D eigenvalue weighted by Crippen LogP contribution is -2.30. The van der Waals surface area contributed by atoms with Crippen molar-refractivity contribution in [2.45, 2.75) is 6.04 Å². The number of thiazole rings is 1. The molecule has 5 rings (SSSR count). The van der Waals surface area contributed by atoms with Crippen molar-refractivity contribution in [2.75, 3.05) is 4.90 Å². The van der Waals surface area contributed by atoms with Crippen LogP contribution in [0.1, 0.15) is 21.3 Å². The minimum atomic E-state index is -0.843. The highest BCUT2D eigenvalue weighted by Crippen LogP contribution is 2.44. The third kappa shape index (κ3) is 3.46. The number of ketones is 1. The molecule has 9 heteroatoms. The summed E-state index contributed by atoms with van der Waals surface area (Å²) in [6.45, 7) is 0. The van der Waals surface area contributed by atoms with Gasteiger partial charge in [-0.3, -0.25) is 14.5 Å². The van der Waals surface area contributed by atoms with Crippen molar-refractivity contribution in [3.8, 4) is 0 Å². The molecule has 0 fully saturated rings. The molecule has 0 bridgehead atoms. The maximum absolute atomic E-state index is 13.7. The molecule has 1 unspecified atom stereocenters. The number of thiophene rings is 1. The van der Waals surface area contributed by atoms with Crippen LogP contribution in [0.2, 0.25) is 0 Å². The maximum Gasteiger partial charge on any atom is 0.296 e. The molecule has 1 aliphatic heterocycles. The summed E-state index contributed by atoms with van der Waals surface area (Å²) < 4.78 is 15.2. The van der Waals surface area contributed by atoms with E-state index in [1.807, 2.05) is 24.3 Å². The van der Waals surface area contributed by atoms with Gasteiger partial charge in [-0.25, -0.2) is 9.37 Å². The molecule has 4 aromatic rings. The van der Waals surface area contributed by atoms with Crippen molar-refractivity contribution in [3.63, 3.8) is 0 Å². The van der Waals surface area contributed by atoms with Gasteiger partial charge >= 0.3 is 0 Å². The number of halogens is 2. The van der Waals surface area contributed by atoms with E-state index in [1.165, 1.54) is 34.4 Å². The standard InChI is InChI=1S/C22H12FIN2O3S2/c23-12-5-8-14-16(10-12)31-22(25-14)26-18(11-3-6-13(24)7-4-11)17(20(28)21(26)29)19(27)15-2-1-9-30-15/h1-10,18,28H. The van der Waals surface area contributed by atoms with Gasteiger partial charge in [-0.2, -0.15) is 0 Å². The number of rotatable bonds is 4. The van der Waals surface area contributed by atoms with Crippen LogP contribution >= 0.6 is 45.3 Å². The first-order valence-electron chi connectivity index (χ1n) is 9.10. The Labute approximate surface area is 197 Å². The number of anilines is 1. The van der Waals surface area contributed by atoms with Crippen LogP contribution in [0.15, 0.2) is 71.3 Å². The Hall–Kier alpha value is -2.63. The lowest BCUT2D eigenvalue weighted by Gasteiger charge is -2.24. The first-order chi connectivity index (χ1) is 14.9. The molecule has 1 amide bonds. The second-order valence-electron chi connectivity index (χ2n) is 6.81. The number of amides is 1. The van der Waals surface area contributed by atoms with E-state index in [9.17, 15) is 19.1 Å². The Morgan fingerprint density at radius 2 is 1.94 bits per heavy atom. The highest BCUT2D eigenvalue weighted by atomic mass is 127. The topological polar surface area (TPSA) is 70.5 Å². The summed E-state index contributed by atoms with van der Waals surface area (Å²) in [6.07, 6.45) is 0. The largest absolute Gasteiger partial charge is 0.503 e. The number of carbonyl (C=O) groups excluding carboxylic acids is 2. The minimum absolute atomic E-state index is 0.0131. The number of benzene rings is 2. The SMILES string of the molecule is O=C(C1=C(O)C(=O)N(c2nc3ccc(F)cc3s2)C1c1ccc(I)cc1)c1cccs1. The molecule has 0 saturated heterocycles. The van der Waals surface area contributed by atoms with E-state index in [4.69, 9.17) is 0 Å². The van der Waals surface area contributed by atoms with Crippen LogP contribution in [-0.2, 0) is 4.79 Å². The Morgan fingerprint density at radius 1 is 1.16 bits per heavy atom. The van der Waals surface area contributed by atoms with Crippen LogP contribution in [0.25, 0.3) is 10.2 Å². The van der Waals surface area contributed by atoms with Gasteiger partial charge in [-0.1, -0.05) is 29.5 Å². The average molecular weight is 562 g/mol. The van der Waals surface area contributed by atoms with Crippen LogP contribution < -0.4 is 4.90 Å². The zero-order chi connectivity index (χ0) is 21.7. The van der Waals surface area contributed by atoms with Crippen molar-refractivity contribution < 1.29 is 19.1 Å². The lowest BCUT2D eigenvalue weighted by atomic mass is 9.96. The molecule has 3 heterocycles. The van der Waals surface area contributed by atoms with Crippen molar-refractivity contribution in [2.24, 2.45) is 0 Å². The number of nitrogens with zero attached hydrogens (tertiary/aromatic N) is 2.